The Labute approximate surface area is 119 Å². The number of hydrogen-bond acceptors (Lipinski definition) is 3. The summed E-state index contributed by atoms with van der Waals surface area (Å²) >= 11 is 0. The van der Waals surface area contributed by atoms with Crippen LogP contribution < -0.4 is 16.0 Å². The summed E-state index contributed by atoms with van der Waals surface area (Å²) in [6.45, 7) is 6.42. The van der Waals surface area contributed by atoms with Gasteiger partial charge in [0.15, 0.2) is 0 Å². The fraction of sp³-hybridized carbons (Fsp3) is 0.176. The molecule has 0 amide bonds. The van der Waals surface area contributed by atoms with Crippen molar-refractivity contribution in [2.75, 3.05) is 5.01 Å². The van der Waals surface area contributed by atoms with Crippen molar-refractivity contribution in [3.63, 3.8) is 0 Å². The molecule has 1 heterocycles. The Kier molecular flexibility index (Phi) is 3.20. The Morgan fingerprint density at radius 2 is 1.55 bits per heavy atom. The zero-order valence-corrected chi connectivity index (χ0v) is 12.1. The third-order valence-corrected chi connectivity index (χ3v) is 3.53. The molecule has 0 aliphatic carbocycles. The van der Waals surface area contributed by atoms with Crippen LogP contribution in [0.3, 0.4) is 0 Å². The molecule has 0 atom stereocenters. The van der Waals surface area contributed by atoms with Gasteiger partial charge < -0.3 is 5.43 Å². The highest BCUT2D eigenvalue weighted by Gasteiger charge is 2.17. The summed E-state index contributed by atoms with van der Waals surface area (Å²) in [6, 6.07) is 14.7. The Bertz CT molecular complexity index is 636. The molecule has 0 saturated carbocycles. The Balaban J connectivity index is 1.96. The van der Waals surface area contributed by atoms with Crippen molar-refractivity contribution < 1.29 is 0 Å². The summed E-state index contributed by atoms with van der Waals surface area (Å²) in [5.74, 6) is 0. The van der Waals surface area contributed by atoms with Crippen molar-refractivity contribution in [3.05, 3.63) is 70.9 Å². The molecule has 3 rings (SSSR count). The normalized spacial score (nSPS) is 14.2. The van der Waals surface area contributed by atoms with Crippen molar-refractivity contribution in [2.45, 2.75) is 20.8 Å². The number of benzene rings is 2. The third-order valence-electron chi connectivity index (χ3n) is 3.53. The highest BCUT2D eigenvalue weighted by Crippen LogP contribution is 2.28. The van der Waals surface area contributed by atoms with E-state index in [-0.39, 0.29) is 0 Å². The number of anilines is 1. The van der Waals surface area contributed by atoms with Gasteiger partial charge in [0.25, 0.3) is 0 Å². The maximum atomic E-state index is 3.23. The highest BCUT2D eigenvalue weighted by molar-refractivity contribution is 5.72. The molecule has 0 aromatic heterocycles. The standard InChI is InChI=1S/C17H19N3/c1-12-9-13(2)17(14(3)10-12)20-11-16(18-19-20)15-7-5-4-6-8-15/h4-11,18-19H,1-3H3. The molecule has 1 aliphatic heterocycles. The minimum atomic E-state index is 1.07. The molecule has 2 N–H and O–H groups in total. The first kappa shape index (κ1) is 12.8. The van der Waals surface area contributed by atoms with Gasteiger partial charge in [-0.2, -0.15) is 0 Å². The molecular formula is C17H19N3. The number of aryl methyl sites for hydroxylation is 3. The van der Waals surface area contributed by atoms with Gasteiger partial charge in [0, 0.05) is 11.8 Å². The van der Waals surface area contributed by atoms with Crippen LogP contribution in [-0.4, -0.2) is 0 Å². The number of hydrazine groups is 2. The van der Waals surface area contributed by atoms with Crippen molar-refractivity contribution in [1.29, 1.82) is 0 Å². The first-order valence-corrected chi connectivity index (χ1v) is 6.81. The van der Waals surface area contributed by atoms with E-state index >= 15 is 0 Å². The summed E-state index contributed by atoms with van der Waals surface area (Å²) in [6.07, 6.45) is 2.10. The van der Waals surface area contributed by atoms with Crippen molar-refractivity contribution >= 4 is 11.4 Å². The number of nitrogens with one attached hydrogen (secondary N) is 2. The van der Waals surface area contributed by atoms with Gasteiger partial charge in [0.1, 0.15) is 0 Å². The average Bonchev–Trinajstić information content (AvgIpc) is 2.88. The Morgan fingerprint density at radius 3 is 2.20 bits per heavy atom. The monoisotopic (exact) mass is 265 g/mol. The second-order valence-electron chi connectivity index (χ2n) is 5.26. The van der Waals surface area contributed by atoms with Crippen LogP contribution in [0.2, 0.25) is 0 Å². The van der Waals surface area contributed by atoms with Gasteiger partial charge in [-0.05, 0) is 31.9 Å². The summed E-state index contributed by atoms with van der Waals surface area (Å²) < 4.78 is 0. The Morgan fingerprint density at radius 1 is 0.900 bits per heavy atom. The molecule has 0 fully saturated rings. The minimum absolute atomic E-state index is 1.07. The second kappa shape index (κ2) is 5.02. The van der Waals surface area contributed by atoms with E-state index in [2.05, 4.69) is 62.2 Å². The van der Waals surface area contributed by atoms with Gasteiger partial charge in [-0.25, -0.2) is 0 Å². The van der Waals surface area contributed by atoms with E-state index in [1.54, 1.807) is 0 Å². The molecule has 20 heavy (non-hydrogen) atoms. The number of hydrogen-bond donors (Lipinski definition) is 2. The van der Waals surface area contributed by atoms with E-state index in [1.807, 2.05) is 23.2 Å². The fourth-order valence-corrected chi connectivity index (χ4v) is 2.75. The van der Waals surface area contributed by atoms with Gasteiger partial charge in [0.05, 0.1) is 11.4 Å². The van der Waals surface area contributed by atoms with Crippen molar-refractivity contribution in [3.8, 4) is 0 Å². The highest BCUT2D eigenvalue weighted by atomic mass is 15.7. The van der Waals surface area contributed by atoms with Crippen LogP contribution in [0.4, 0.5) is 5.69 Å². The molecule has 2 aromatic rings. The third kappa shape index (κ3) is 2.28. The molecule has 0 saturated heterocycles. The van der Waals surface area contributed by atoms with Gasteiger partial charge in [-0.1, -0.05) is 48.0 Å². The zero-order valence-electron chi connectivity index (χ0n) is 12.1. The van der Waals surface area contributed by atoms with Crippen LogP contribution in [0.1, 0.15) is 22.3 Å². The van der Waals surface area contributed by atoms with Gasteiger partial charge in [-0.3, -0.25) is 5.01 Å². The molecule has 3 nitrogen and oxygen atoms in total. The Hall–Kier alpha value is -2.26. The summed E-state index contributed by atoms with van der Waals surface area (Å²) in [4.78, 5) is 0. The maximum absolute atomic E-state index is 3.23. The summed E-state index contributed by atoms with van der Waals surface area (Å²) in [5, 5.41) is 2.05. The van der Waals surface area contributed by atoms with E-state index in [1.165, 1.54) is 27.9 Å². The van der Waals surface area contributed by atoms with Crippen molar-refractivity contribution in [1.82, 2.24) is 11.0 Å². The van der Waals surface area contributed by atoms with Crippen LogP contribution in [0.15, 0.2) is 48.7 Å². The van der Waals surface area contributed by atoms with Crippen LogP contribution in [0.25, 0.3) is 5.70 Å². The molecule has 0 unspecified atom stereocenters. The lowest BCUT2D eigenvalue weighted by Crippen LogP contribution is -2.37. The average molecular weight is 265 g/mol. The largest absolute Gasteiger partial charge is 0.301 e. The predicted octanol–water partition coefficient (Wildman–Crippen LogP) is 3.44. The van der Waals surface area contributed by atoms with E-state index in [0.717, 1.165) is 5.70 Å². The molecule has 1 aliphatic rings. The SMILES string of the molecule is Cc1cc(C)c(N2C=C(c3ccccc3)NN2)c(C)c1. The van der Waals surface area contributed by atoms with E-state index in [9.17, 15) is 0 Å². The predicted molar refractivity (Wildman–Crippen MR) is 83.8 cm³/mol. The quantitative estimate of drug-likeness (QED) is 0.871. The van der Waals surface area contributed by atoms with Gasteiger partial charge >= 0.3 is 0 Å². The summed E-state index contributed by atoms with van der Waals surface area (Å²) in [5.41, 5.74) is 13.7. The van der Waals surface area contributed by atoms with Gasteiger partial charge in [-0.15, -0.1) is 5.53 Å². The number of nitrogens with zero attached hydrogens (tertiary/aromatic N) is 1. The molecule has 0 radical (unpaired) electrons. The van der Waals surface area contributed by atoms with Gasteiger partial charge in [0.2, 0.25) is 0 Å². The number of rotatable bonds is 2. The lowest BCUT2D eigenvalue weighted by Gasteiger charge is -2.20. The maximum Gasteiger partial charge on any atom is 0.0756 e. The van der Waals surface area contributed by atoms with E-state index in [0.29, 0.717) is 0 Å². The van der Waals surface area contributed by atoms with E-state index < -0.39 is 0 Å². The molecule has 0 bridgehead atoms. The summed E-state index contributed by atoms with van der Waals surface area (Å²) in [7, 11) is 0. The molecular weight excluding hydrogens is 246 g/mol. The van der Waals surface area contributed by atoms with Crippen molar-refractivity contribution in [2.24, 2.45) is 0 Å². The van der Waals surface area contributed by atoms with Crippen LogP contribution in [0.5, 0.6) is 0 Å². The smallest absolute Gasteiger partial charge is 0.0756 e. The fourth-order valence-electron chi connectivity index (χ4n) is 2.75. The second-order valence-corrected chi connectivity index (χ2v) is 5.26. The molecule has 102 valence electrons. The zero-order chi connectivity index (χ0) is 14.1. The lowest BCUT2D eigenvalue weighted by atomic mass is 10.0. The molecule has 2 aromatic carbocycles. The minimum Gasteiger partial charge on any atom is -0.301 e. The molecule has 3 heteroatoms. The van der Waals surface area contributed by atoms with E-state index in [4.69, 9.17) is 0 Å². The lowest BCUT2D eigenvalue weighted by molar-refractivity contribution is 0.685. The molecule has 0 spiro atoms. The topological polar surface area (TPSA) is 27.3 Å². The van der Waals surface area contributed by atoms with Crippen LogP contribution >= 0.6 is 0 Å². The first-order chi connectivity index (χ1) is 9.65. The van der Waals surface area contributed by atoms with Crippen LogP contribution in [0, 0.1) is 20.8 Å². The first-order valence-electron chi connectivity index (χ1n) is 6.81. The van der Waals surface area contributed by atoms with Crippen LogP contribution in [-0.2, 0) is 0 Å².